The lowest BCUT2D eigenvalue weighted by molar-refractivity contribution is 0.102. The van der Waals surface area contributed by atoms with Crippen LogP contribution >= 0.6 is 23.1 Å². The minimum atomic E-state index is -0.123. The number of hydrogen-bond acceptors (Lipinski definition) is 7. The maximum Gasteiger partial charge on any atom is 0.263 e. The summed E-state index contributed by atoms with van der Waals surface area (Å²) in [5.74, 6) is 1.29. The van der Waals surface area contributed by atoms with Crippen LogP contribution < -0.4 is 15.0 Å². The topological polar surface area (TPSA) is 70.4 Å². The van der Waals surface area contributed by atoms with Crippen molar-refractivity contribution in [2.75, 3.05) is 19.0 Å². The molecular weight excluding hydrogens is 468 g/mol. The Morgan fingerprint density at radius 3 is 2.71 bits per heavy atom. The zero-order valence-corrected chi connectivity index (χ0v) is 20.2. The molecule has 0 unspecified atom stereocenters. The van der Waals surface area contributed by atoms with Gasteiger partial charge in [0, 0.05) is 22.5 Å². The smallest absolute Gasteiger partial charge is 0.263 e. The molecular formula is C26H22N2O4S2. The van der Waals surface area contributed by atoms with E-state index in [9.17, 15) is 9.59 Å². The van der Waals surface area contributed by atoms with Crippen molar-refractivity contribution in [1.82, 2.24) is 9.55 Å². The second kappa shape index (κ2) is 9.48. The Labute approximate surface area is 204 Å². The summed E-state index contributed by atoms with van der Waals surface area (Å²) in [4.78, 5) is 33.0. The first kappa shape index (κ1) is 22.4. The number of aryl methyl sites for hydroxylation is 1. The first-order valence-electron chi connectivity index (χ1n) is 10.8. The van der Waals surface area contributed by atoms with E-state index in [1.807, 2.05) is 37.3 Å². The second-order valence-corrected chi connectivity index (χ2v) is 9.89. The summed E-state index contributed by atoms with van der Waals surface area (Å²) in [5.41, 5.74) is 2.32. The number of hydrogen-bond donors (Lipinski definition) is 0. The molecule has 0 spiro atoms. The maximum atomic E-state index is 13.6. The third-order valence-corrected chi connectivity index (χ3v) is 7.50. The van der Waals surface area contributed by atoms with Crippen molar-refractivity contribution < 1.29 is 14.3 Å². The molecule has 4 aromatic rings. The van der Waals surface area contributed by atoms with E-state index >= 15 is 0 Å². The van der Waals surface area contributed by atoms with Gasteiger partial charge in [-0.25, -0.2) is 4.98 Å². The van der Waals surface area contributed by atoms with E-state index in [4.69, 9.17) is 14.5 Å². The summed E-state index contributed by atoms with van der Waals surface area (Å²) in [7, 11) is 0. The number of benzene rings is 2. The Morgan fingerprint density at radius 2 is 1.94 bits per heavy atom. The molecule has 0 fully saturated rings. The van der Waals surface area contributed by atoms with Gasteiger partial charge in [-0.15, -0.1) is 17.9 Å². The molecule has 0 saturated heterocycles. The molecule has 2 aromatic carbocycles. The summed E-state index contributed by atoms with van der Waals surface area (Å²) in [6.07, 6.45) is 1.67. The number of ether oxygens (including phenoxy) is 2. The van der Waals surface area contributed by atoms with Crippen molar-refractivity contribution in [3.8, 4) is 22.6 Å². The van der Waals surface area contributed by atoms with Gasteiger partial charge < -0.3 is 9.47 Å². The minimum Gasteiger partial charge on any atom is -0.486 e. The minimum absolute atomic E-state index is 0.0752. The fourth-order valence-corrected chi connectivity index (χ4v) is 5.95. The van der Waals surface area contributed by atoms with E-state index < -0.39 is 0 Å². The van der Waals surface area contributed by atoms with Gasteiger partial charge in [0.1, 0.15) is 18.0 Å². The number of rotatable bonds is 7. The lowest BCUT2D eigenvalue weighted by Gasteiger charge is -2.18. The number of ketones is 1. The van der Waals surface area contributed by atoms with Gasteiger partial charge in [0.2, 0.25) is 0 Å². The zero-order chi connectivity index (χ0) is 23.7. The van der Waals surface area contributed by atoms with Gasteiger partial charge in [-0.3, -0.25) is 14.2 Å². The first-order chi connectivity index (χ1) is 16.6. The molecule has 0 N–H and O–H groups in total. The van der Waals surface area contributed by atoms with Crippen LogP contribution in [0.4, 0.5) is 0 Å². The zero-order valence-electron chi connectivity index (χ0n) is 18.6. The standard InChI is InChI=1S/C26H22N2O4S2/c1-3-11-28-25(30)23-22(17-7-5-4-6-8-17)16(2)34-24(23)27-26(28)33-15-19(29)18-9-10-20-21(14-18)32-13-12-31-20/h3-10,14H,1,11-13,15H2,2H3. The lowest BCUT2D eigenvalue weighted by Crippen LogP contribution is -2.23. The highest BCUT2D eigenvalue weighted by Crippen LogP contribution is 2.37. The van der Waals surface area contributed by atoms with Crippen LogP contribution in [0.15, 0.2) is 71.1 Å². The summed E-state index contributed by atoms with van der Waals surface area (Å²) in [5, 5.41) is 1.11. The molecule has 0 atom stereocenters. The summed E-state index contributed by atoms with van der Waals surface area (Å²) in [6, 6.07) is 15.1. The van der Waals surface area contributed by atoms with E-state index in [0.29, 0.717) is 52.2 Å². The van der Waals surface area contributed by atoms with Crippen molar-refractivity contribution in [1.29, 1.82) is 0 Å². The van der Waals surface area contributed by atoms with Crippen LogP contribution in [0.1, 0.15) is 15.2 Å². The summed E-state index contributed by atoms with van der Waals surface area (Å²) < 4.78 is 12.7. The third-order valence-electron chi connectivity index (χ3n) is 5.52. The van der Waals surface area contributed by atoms with Crippen LogP contribution in [-0.4, -0.2) is 34.3 Å². The molecule has 8 heteroatoms. The van der Waals surface area contributed by atoms with Crippen LogP contribution in [0, 0.1) is 6.92 Å². The van der Waals surface area contributed by atoms with E-state index in [1.54, 1.807) is 28.8 Å². The molecule has 0 radical (unpaired) electrons. The quantitative estimate of drug-likeness (QED) is 0.150. The lowest BCUT2D eigenvalue weighted by atomic mass is 10.0. The van der Waals surface area contributed by atoms with Crippen molar-refractivity contribution >= 4 is 39.1 Å². The fourth-order valence-electron chi connectivity index (χ4n) is 3.96. The Kier molecular flexibility index (Phi) is 6.26. The number of allylic oxidation sites excluding steroid dienone is 1. The van der Waals surface area contributed by atoms with Gasteiger partial charge in [-0.2, -0.15) is 0 Å². The number of thiophene rings is 1. The molecule has 6 nitrogen and oxygen atoms in total. The van der Waals surface area contributed by atoms with Gasteiger partial charge in [0.15, 0.2) is 22.4 Å². The van der Waals surface area contributed by atoms with Crippen molar-refractivity contribution in [2.24, 2.45) is 0 Å². The molecule has 5 rings (SSSR count). The number of nitrogens with zero attached hydrogens (tertiary/aromatic N) is 2. The van der Waals surface area contributed by atoms with E-state index in [0.717, 1.165) is 16.0 Å². The fraction of sp³-hybridized carbons (Fsp3) is 0.192. The van der Waals surface area contributed by atoms with Crippen molar-refractivity contribution in [3.05, 3.63) is 82.0 Å². The van der Waals surface area contributed by atoms with Gasteiger partial charge in [-0.05, 0) is 30.7 Å². The van der Waals surface area contributed by atoms with Gasteiger partial charge in [-0.1, -0.05) is 48.2 Å². The third kappa shape index (κ3) is 4.15. The Balaban J connectivity index is 1.49. The Morgan fingerprint density at radius 1 is 1.18 bits per heavy atom. The highest BCUT2D eigenvalue weighted by Gasteiger charge is 2.21. The molecule has 0 saturated carbocycles. The molecule has 1 aliphatic heterocycles. The number of Topliss-reactive ketones (excluding diaryl/α,β-unsaturated/α-hetero) is 1. The van der Waals surface area contributed by atoms with Crippen LogP contribution in [0.25, 0.3) is 21.3 Å². The van der Waals surface area contributed by atoms with Gasteiger partial charge in [0.25, 0.3) is 5.56 Å². The van der Waals surface area contributed by atoms with E-state index in [-0.39, 0.29) is 17.1 Å². The Hall–Kier alpha value is -3.36. The molecule has 172 valence electrons. The molecule has 1 aliphatic rings. The van der Waals surface area contributed by atoms with Crippen LogP contribution in [0.3, 0.4) is 0 Å². The normalized spacial score (nSPS) is 12.6. The molecule has 0 bridgehead atoms. The highest BCUT2D eigenvalue weighted by atomic mass is 32.2. The van der Waals surface area contributed by atoms with Crippen LogP contribution in [0.2, 0.25) is 0 Å². The van der Waals surface area contributed by atoms with E-state index in [1.165, 1.54) is 23.1 Å². The first-order valence-corrected chi connectivity index (χ1v) is 12.6. The SMILES string of the molecule is C=CCn1c(SCC(=O)c2ccc3c(c2)OCCO3)nc2sc(C)c(-c3ccccc3)c2c1=O. The maximum absolute atomic E-state index is 13.6. The molecule has 0 amide bonds. The molecule has 34 heavy (non-hydrogen) atoms. The predicted octanol–water partition coefficient (Wildman–Crippen LogP) is 5.37. The van der Waals surface area contributed by atoms with Crippen molar-refractivity contribution in [2.45, 2.75) is 18.6 Å². The second-order valence-electron chi connectivity index (χ2n) is 7.75. The number of aromatic nitrogens is 2. The molecule has 0 aliphatic carbocycles. The number of carbonyl (C=O) groups excluding carboxylic acids is 1. The molecule has 2 aromatic heterocycles. The summed E-state index contributed by atoms with van der Waals surface area (Å²) >= 11 is 2.75. The highest BCUT2D eigenvalue weighted by molar-refractivity contribution is 7.99. The van der Waals surface area contributed by atoms with Gasteiger partial charge >= 0.3 is 0 Å². The molecule has 3 heterocycles. The average molecular weight is 491 g/mol. The van der Waals surface area contributed by atoms with E-state index in [2.05, 4.69) is 6.58 Å². The van der Waals surface area contributed by atoms with Crippen LogP contribution in [-0.2, 0) is 6.54 Å². The number of carbonyl (C=O) groups is 1. The van der Waals surface area contributed by atoms with Crippen molar-refractivity contribution in [3.63, 3.8) is 0 Å². The summed E-state index contributed by atoms with van der Waals surface area (Å²) in [6.45, 7) is 7.08. The predicted molar refractivity (Wildman–Crippen MR) is 137 cm³/mol. The van der Waals surface area contributed by atoms with Crippen LogP contribution in [0.5, 0.6) is 11.5 Å². The number of thioether (sulfide) groups is 1. The van der Waals surface area contributed by atoms with Gasteiger partial charge in [0.05, 0.1) is 11.1 Å². The Bertz CT molecular complexity index is 1460. The number of fused-ring (bicyclic) bond motifs is 2. The largest absolute Gasteiger partial charge is 0.486 e. The monoisotopic (exact) mass is 490 g/mol. The average Bonchev–Trinajstić information content (AvgIpc) is 3.20.